The van der Waals surface area contributed by atoms with Gasteiger partial charge in [0.15, 0.2) is 0 Å². The molecule has 0 aliphatic rings. The third kappa shape index (κ3) is 31.9. The molecule has 56 valence electrons. The first-order valence-electron chi connectivity index (χ1n) is 2.98. The monoisotopic (exact) mass is 153 g/mol. The Morgan fingerprint density at radius 1 is 1.44 bits per heavy atom. The van der Waals surface area contributed by atoms with E-state index in [0.717, 1.165) is 0 Å². The van der Waals surface area contributed by atoms with Crippen LogP contribution >= 0.6 is 8.25 Å². The second kappa shape index (κ2) is 10.9. The summed E-state index contributed by atoms with van der Waals surface area (Å²) in [7, 11) is -2.35. The van der Waals surface area contributed by atoms with Gasteiger partial charge >= 0.3 is 8.25 Å². The summed E-state index contributed by atoms with van der Waals surface area (Å²) in [5.74, 6) is 0. The maximum absolute atomic E-state index is 9.53. The van der Waals surface area contributed by atoms with Crippen LogP contribution < -0.4 is 0 Å². The van der Waals surface area contributed by atoms with E-state index in [4.69, 9.17) is 4.89 Å². The molecule has 0 rings (SSSR count). The van der Waals surface area contributed by atoms with Crippen molar-refractivity contribution in [2.45, 2.75) is 27.2 Å². The molecule has 1 atom stereocenters. The fourth-order valence-electron chi connectivity index (χ4n) is 0.110. The van der Waals surface area contributed by atoms with Gasteiger partial charge in [-0.15, -0.1) is 9.42 Å². The highest BCUT2D eigenvalue weighted by atomic mass is 31.1. The first kappa shape index (κ1) is 11.8. The fraction of sp³-hybridized carbons (Fsp3) is 1.00. The summed E-state index contributed by atoms with van der Waals surface area (Å²) in [4.78, 5) is 7.84. The molecule has 0 aromatic heterocycles. The average molecular weight is 153 g/mol. The summed E-state index contributed by atoms with van der Waals surface area (Å²) in [5, 5.41) is 0. The zero-order chi connectivity index (χ0) is 7.70. The van der Waals surface area contributed by atoms with Crippen LogP contribution in [-0.4, -0.2) is 11.5 Å². The molecule has 0 radical (unpaired) electrons. The summed E-state index contributed by atoms with van der Waals surface area (Å²) in [6.45, 7) is 6.20. The van der Waals surface area contributed by atoms with Crippen LogP contribution in [-0.2, 0) is 9.09 Å². The molecule has 0 saturated carbocycles. The molecule has 0 aliphatic heterocycles. The van der Waals surface area contributed by atoms with Crippen molar-refractivity contribution >= 4 is 8.25 Å². The molecule has 0 aliphatic carbocycles. The number of hydrogen-bond acceptors (Lipinski definition) is 2. The molecule has 0 heterocycles. The quantitative estimate of drug-likeness (QED) is 0.618. The number of rotatable bonds is 2. The van der Waals surface area contributed by atoms with E-state index in [0.29, 0.717) is 6.61 Å². The highest BCUT2D eigenvalue weighted by Gasteiger charge is 2.06. The van der Waals surface area contributed by atoms with Crippen LogP contribution in [0.15, 0.2) is 0 Å². The molecule has 3 nitrogen and oxygen atoms in total. The van der Waals surface area contributed by atoms with Gasteiger partial charge in [-0.25, -0.2) is 0 Å². The van der Waals surface area contributed by atoms with Crippen molar-refractivity contribution in [3.8, 4) is 0 Å². The molecule has 1 N–H and O–H groups in total. The molecule has 0 fully saturated rings. The minimum Gasteiger partial charge on any atom is -0.133 e. The van der Waals surface area contributed by atoms with E-state index in [1.54, 1.807) is 6.92 Å². The van der Waals surface area contributed by atoms with Crippen LogP contribution in [0.3, 0.4) is 0 Å². The fourth-order valence-corrected chi connectivity index (χ4v) is 0.331. The minimum absolute atomic E-state index is 0.297. The van der Waals surface area contributed by atoms with E-state index in [1.165, 1.54) is 6.42 Å². The zero-order valence-electron chi connectivity index (χ0n) is 6.13. The minimum atomic E-state index is -2.35. The Morgan fingerprint density at radius 2 is 1.78 bits per heavy atom. The molecular weight excluding hydrogens is 139 g/mol. The van der Waals surface area contributed by atoms with Gasteiger partial charge in [0, 0.05) is 4.57 Å². The smallest absolute Gasteiger partial charge is 0.133 e. The van der Waals surface area contributed by atoms with Crippen LogP contribution in [0.4, 0.5) is 0 Å². The van der Waals surface area contributed by atoms with Crippen LogP contribution in [0.2, 0.25) is 0 Å². The summed E-state index contributed by atoms with van der Waals surface area (Å²) in [5.41, 5.74) is 0. The van der Waals surface area contributed by atoms with Crippen LogP contribution in [0, 0.1) is 0 Å². The standard InChI is InChI=1S/C3H8.C2H5O3P/c1-3-2;1-2-5-6(3)4/h3H2,1-2H3;2H2,1H3/p+1. The van der Waals surface area contributed by atoms with E-state index in [-0.39, 0.29) is 0 Å². The summed E-state index contributed by atoms with van der Waals surface area (Å²) < 4.78 is 13.6. The Morgan fingerprint density at radius 3 is 1.78 bits per heavy atom. The molecular formula is C5H14O3P+. The predicted molar refractivity (Wildman–Crippen MR) is 37.4 cm³/mol. The lowest BCUT2D eigenvalue weighted by Gasteiger charge is -1.68. The second-order valence-corrected chi connectivity index (χ2v) is 2.10. The van der Waals surface area contributed by atoms with Gasteiger partial charge < -0.3 is 0 Å². The maximum Gasteiger partial charge on any atom is 0.694 e. The van der Waals surface area contributed by atoms with Gasteiger partial charge in [0.25, 0.3) is 0 Å². The maximum atomic E-state index is 9.53. The largest absolute Gasteiger partial charge is 0.694 e. The summed E-state index contributed by atoms with van der Waals surface area (Å²) in [6, 6.07) is 0. The van der Waals surface area contributed by atoms with Crippen molar-refractivity contribution < 1.29 is 14.0 Å². The Labute approximate surface area is 57.0 Å². The second-order valence-electron chi connectivity index (χ2n) is 1.36. The van der Waals surface area contributed by atoms with Gasteiger partial charge in [-0.2, -0.15) is 0 Å². The van der Waals surface area contributed by atoms with E-state index in [1.807, 2.05) is 0 Å². The normalized spacial score (nSPS) is 9.56. The lowest BCUT2D eigenvalue weighted by molar-refractivity contribution is 0.297. The molecule has 0 bridgehead atoms. The average Bonchev–Trinajstić information content (AvgIpc) is 1.67. The molecule has 0 aromatic carbocycles. The lowest BCUT2D eigenvalue weighted by Crippen LogP contribution is -1.72. The molecule has 0 amide bonds. The van der Waals surface area contributed by atoms with Gasteiger partial charge in [-0.1, -0.05) is 20.3 Å². The number of hydrogen-bond donors (Lipinski definition) is 1. The van der Waals surface area contributed by atoms with Crippen molar-refractivity contribution in [3.05, 3.63) is 0 Å². The molecule has 9 heavy (non-hydrogen) atoms. The third-order valence-corrected chi connectivity index (χ3v) is 0.719. The van der Waals surface area contributed by atoms with Crippen LogP contribution in [0.25, 0.3) is 0 Å². The highest BCUT2D eigenvalue weighted by Crippen LogP contribution is 2.12. The lowest BCUT2D eigenvalue weighted by atomic mass is 10.6. The van der Waals surface area contributed by atoms with Gasteiger partial charge in [-0.3, -0.25) is 0 Å². The molecule has 0 saturated heterocycles. The predicted octanol–water partition coefficient (Wildman–Crippen LogP) is 2.09. The van der Waals surface area contributed by atoms with Gasteiger partial charge in [0.05, 0.1) is 0 Å². The molecule has 0 aromatic rings. The van der Waals surface area contributed by atoms with Crippen molar-refractivity contribution in [1.82, 2.24) is 0 Å². The van der Waals surface area contributed by atoms with E-state index >= 15 is 0 Å². The Kier molecular flexibility index (Phi) is 14.3. The summed E-state index contributed by atoms with van der Waals surface area (Å²) in [6.07, 6.45) is 1.25. The van der Waals surface area contributed by atoms with Gasteiger partial charge in [0.1, 0.15) is 6.61 Å². The first-order valence-corrected chi connectivity index (χ1v) is 4.11. The highest BCUT2D eigenvalue weighted by molar-refractivity contribution is 7.32. The zero-order valence-corrected chi connectivity index (χ0v) is 7.02. The topological polar surface area (TPSA) is 46.5 Å². The van der Waals surface area contributed by atoms with Crippen LogP contribution in [0.1, 0.15) is 27.2 Å². The molecule has 1 unspecified atom stereocenters. The van der Waals surface area contributed by atoms with Gasteiger partial charge in [-0.05, 0) is 6.92 Å². The van der Waals surface area contributed by atoms with E-state index < -0.39 is 8.25 Å². The summed E-state index contributed by atoms with van der Waals surface area (Å²) >= 11 is 0. The van der Waals surface area contributed by atoms with Crippen molar-refractivity contribution in [2.75, 3.05) is 6.61 Å². The van der Waals surface area contributed by atoms with Crippen molar-refractivity contribution in [3.63, 3.8) is 0 Å². The Bertz CT molecular complexity index is 65.2. The van der Waals surface area contributed by atoms with Gasteiger partial charge in [0.2, 0.25) is 0 Å². The van der Waals surface area contributed by atoms with Crippen molar-refractivity contribution in [2.24, 2.45) is 0 Å². The molecule has 4 heteroatoms. The first-order chi connectivity index (χ1) is 4.18. The molecule has 0 spiro atoms. The Balaban J connectivity index is 0. The van der Waals surface area contributed by atoms with E-state index in [2.05, 4.69) is 18.4 Å². The third-order valence-electron chi connectivity index (χ3n) is 0.240. The van der Waals surface area contributed by atoms with E-state index in [9.17, 15) is 4.57 Å². The van der Waals surface area contributed by atoms with Crippen LogP contribution in [0.5, 0.6) is 0 Å². The van der Waals surface area contributed by atoms with Crippen molar-refractivity contribution in [1.29, 1.82) is 0 Å². The SMILES string of the molecule is CCC.CCO[P+](=O)O. The Hall–Kier alpha value is 0.0200.